The summed E-state index contributed by atoms with van der Waals surface area (Å²) >= 11 is 6.91. The Balaban J connectivity index is 2.63. The van der Waals surface area contributed by atoms with Gasteiger partial charge in [0.15, 0.2) is 0 Å². The van der Waals surface area contributed by atoms with Crippen molar-refractivity contribution in [2.45, 2.75) is 6.92 Å². The molecule has 0 bridgehead atoms. The molecule has 0 spiro atoms. The molecule has 4 nitrogen and oxygen atoms in total. The van der Waals surface area contributed by atoms with Crippen LogP contribution in [-0.2, 0) is 4.74 Å². The Hall–Kier alpha value is -2.03. The van der Waals surface area contributed by atoms with Crippen molar-refractivity contribution in [3.8, 4) is 17.2 Å². The van der Waals surface area contributed by atoms with E-state index in [9.17, 15) is 10.1 Å². The van der Waals surface area contributed by atoms with Gasteiger partial charge in [-0.05, 0) is 24.6 Å². The largest absolute Gasteiger partial charge is 0.462 e. The first-order chi connectivity index (χ1) is 9.58. The van der Waals surface area contributed by atoms with Crippen LogP contribution < -0.4 is 5.73 Å². The zero-order valence-electron chi connectivity index (χ0n) is 10.6. The van der Waals surface area contributed by atoms with Gasteiger partial charge in [-0.25, -0.2) is 4.79 Å². The van der Waals surface area contributed by atoms with E-state index in [0.29, 0.717) is 31.6 Å². The molecule has 1 aromatic carbocycles. The number of nitrogen functional groups attached to an aromatic ring is 1. The van der Waals surface area contributed by atoms with E-state index >= 15 is 0 Å². The Morgan fingerprint density at radius 1 is 1.45 bits per heavy atom. The topological polar surface area (TPSA) is 76.1 Å². The van der Waals surface area contributed by atoms with Crippen LogP contribution in [0.25, 0.3) is 11.1 Å². The molecule has 2 rings (SSSR count). The maximum Gasteiger partial charge on any atom is 0.349 e. The van der Waals surface area contributed by atoms with Gasteiger partial charge in [0, 0.05) is 10.6 Å². The average molecular weight is 307 g/mol. The van der Waals surface area contributed by atoms with Crippen LogP contribution >= 0.6 is 22.9 Å². The first-order valence-corrected chi connectivity index (χ1v) is 7.03. The van der Waals surface area contributed by atoms with Gasteiger partial charge < -0.3 is 10.5 Å². The number of carbonyl (C=O) groups excluding carboxylic acids is 1. The number of carbonyl (C=O) groups is 1. The van der Waals surface area contributed by atoms with Crippen molar-refractivity contribution >= 4 is 33.9 Å². The first kappa shape index (κ1) is 14.4. The minimum atomic E-state index is -0.476. The minimum absolute atomic E-state index is 0.262. The molecule has 0 atom stereocenters. The molecule has 1 heterocycles. The van der Waals surface area contributed by atoms with Gasteiger partial charge >= 0.3 is 5.97 Å². The summed E-state index contributed by atoms with van der Waals surface area (Å²) in [6.07, 6.45) is 0. The molecule has 0 amide bonds. The van der Waals surface area contributed by atoms with Crippen molar-refractivity contribution in [2.24, 2.45) is 0 Å². The van der Waals surface area contributed by atoms with Crippen LogP contribution in [0.3, 0.4) is 0 Å². The van der Waals surface area contributed by atoms with Crippen molar-refractivity contribution in [2.75, 3.05) is 12.3 Å². The SMILES string of the molecule is CCOC(=O)c1sc(N)c(C#N)c1-c1ccc(Cl)cc1. The molecule has 0 fully saturated rings. The Kier molecular flexibility index (Phi) is 4.28. The predicted octanol–water partition coefficient (Wildman–Crippen LogP) is 3.70. The molecule has 2 N–H and O–H groups in total. The zero-order chi connectivity index (χ0) is 14.7. The quantitative estimate of drug-likeness (QED) is 0.877. The van der Waals surface area contributed by atoms with E-state index in [1.165, 1.54) is 0 Å². The van der Waals surface area contributed by atoms with E-state index in [1.807, 2.05) is 6.07 Å². The average Bonchev–Trinajstić information content (AvgIpc) is 2.77. The molecule has 1 aromatic heterocycles. The van der Waals surface area contributed by atoms with Gasteiger partial charge in [-0.1, -0.05) is 23.7 Å². The summed E-state index contributed by atoms with van der Waals surface area (Å²) in [6.45, 7) is 1.99. The van der Waals surface area contributed by atoms with E-state index < -0.39 is 5.97 Å². The highest BCUT2D eigenvalue weighted by Gasteiger charge is 2.23. The number of hydrogen-bond acceptors (Lipinski definition) is 5. The Bertz CT molecular complexity index is 686. The molecule has 0 aliphatic heterocycles. The minimum Gasteiger partial charge on any atom is -0.462 e. The Morgan fingerprint density at radius 2 is 2.10 bits per heavy atom. The van der Waals surface area contributed by atoms with Crippen LogP contribution in [0.15, 0.2) is 24.3 Å². The molecule has 0 aliphatic rings. The standard InChI is InChI=1S/C14H11ClN2O2S/c1-2-19-14(18)12-11(10(7-16)13(17)20-12)8-3-5-9(15)6-4-8/h3-6H,2,17H2,1H3. The van der Waals surface area contributed by atoms with Gasteiger partial charge in [-0.2, -0.15) is 5.26 Å². The summed E-state index contributed by atoms with van der Waals surface area (Å²) in [5.41, 5.74) is 7.32. The lowest BCUT2D eigenvalue weighted by Gasteiger charge is -2.04. The molecule has 0 unspecified atom stereocenters. The number of ether oxygens (including phenoxy) is 1. The summed E-state index contributed by atoms with van der Waals surface area (Å²) in [4.78, 5) is 12.3. The van der Waals surface area contributed by atoms with Crippen LogP contribution in [0.4, 0.5) is 5.00 Å². The molecule has 0 saturated heterocycles. The summed E-state index contributed by atoms with van der Waals surface area (Å²) in [6, 6.07) is 8.92. The summed E-state index contributed by atoms with van der Waals surface area (Å²) in [5, 5.41) is 10.1. The van der Waals surface area contributed by atoms with Gasteiger partial charge in [0.2, 0.25) is 0 Å². The maximum absolute atomic E-state index is 12.0. The van der Waals surface area contributed by atoms with Gasteiger partial charge in [0.05, 0.1) is 12.2 Å². The van der Waals surface area contributed by atoms with Gasteiger partial charge in [-0.3, -0.25) is 0 Å². The second kappa shape index (κ2) is 5.95. The van der Waals surface area contributed by atoms with E-state index in [-0.39, 0.29) is 6.61 Å². The number of halogens is 1. The molecule has 102 valence electrons. The highest BCUT2D eigenvalue weighted by Crippen LogP contribution is 2.38. The van der Waals surface area contributed by atoms with Crippen molar-refractivity contribution in [1.29, 1.82) is 5.26 Å². The number of thiophene rings is 1. The van der Waals surface area contributed by atoms with Crippen molar-refractivity contribution in [3.05, 3.63) is 39.7 Å². The molecule has 0 aliphatic carbocycles. The van der Waals surface area contributed by atoms with E-state index in [2.05, 4.69) is 0 Å². The van der Waals surface area contributed by atoms with E-state index in [4.69, 9.17) is 22.1 Å². The normalized spacial score (nSPS) is 10.1. The highest BCUT2D eigenvalue weighted by molar-refractivity contribution is 7.18. The van der Waals surface area contributed by atoms with Gasteiger partial charge in [-0.15, -0.1) is 11.3 Å². The monoisotopic (exact) mass is 306 g/mol. The molecular weight excluding hydrogens is 296 g/mol. The number of esters is 1. The third kappa shape index (κ3) is 2.62. The molecule has 0 radical (unpaired) electrons. The van der Waals surface area contributed by atoms with Gasteiger partial charge in [0.25, 0.3) is 0 Å². The van der Waals surface area contributed by atoms with E-state index in [1.54, 1.807) is 31.2 Å². The number of nitriles is 1. The van der Waals surface area contributed by atoms with Crippen molar-refractivity contribution < 1.29 is 9.53 Å². The molecular formula is C14H11ClN2O2S. The number of nitrogens with two attached hydrogens (primary N) is 1. The predicted molar refractivity (Wildman–Crippen MR) is 79.8 cm³/mol. The van der Waals surface area contributed by atoms with Crippen molar-refractivity contribution in [3.63, 3.8) is 0 Å². The highest BCUT2D eigenvalue weighted by atomic mass is 35.5. The molecule has 20 heavy (non-hydrogen) atoms. The van der Waals surface area contributed by atoms with Crippen LogP contribution in [-0.4, -0.2) is 12.6 Å². The maximum atomic E-state index is 12.0. The summed E-state index contributed by atoms with van der Waals surface area (Å²) in [5.74, 6) is -0.476. The van der Waals surface area contributed by atoms with E-state index in [0.717, 1.165) is 11.3 Å². The second-order valence-corrected chi connectivity index (χ2v) is 5.37. The smallest absolute Gasteiger partial charge is 0.349 e. The van der Waals surface area contributed by atoms with Crippen LogP contribution in [0.2, 0.25) is 5.02 Å². The first-order valence-electron chi connectivity index (χ1n) is 5.83. The number of hydrogen-bond donors (Lipinski definition) is 1. The Morgan fingerprint density at radius 3 is 2.65 bits per heavy atom. The van der Waals surface area contributed by atoms with Crippen LogP contribution in [0, 0.1) is 11.3 Å². The fourth-order valence-corrected chi connectivity index (χ4v) is 2.85. The second-order valence-electron chi connectivity index (χ2n) is 3.88. The fourth-order valence-electron chi connectivity index (χ4n) is 1.79. The molecule has 0 saturated carbocycles. The third-order valence-electron chi connectivity index (χ3n) is 2.64. The number of nitrogens with zero attached hydrogens (tertiary/aromatic N) is 1. The zero-order valence-corrected chi connectivity index (χ0v) is 12.2. The van der Waals surface area contributed by atoms with Crippen LogP contribution in [0.5, 0.6) is 0 Å². The lowest BCUT2D eigenvalue weighted by Crippen LogP contribution is -2.04. The third-order valence-corrected chi connectivity index (χ3v) is 3.89. The number of rotatable bonds is 3. The number of benzene rings is 1. The molecule has 6 heteroatoms. The number of anilines is 1. The Labute approximate surface area is 125 Å². The summed E-state index contributed by atoms with van der Waals surface area (Å²) < 4.78 is 5.01. The van der Waals surface area contributed by atoms with Crippen molar-refractivity contribution in [1.82, 2.24) is 0 Å². The lowest BCUT2D eigenvalue weighted by atomic mass is 10.0. The van der Waals surface area contributed by atoms with Crippen LogP contribution in [0.1, 0.15) is 22.2 Å². The molecule has 2 aromatic rings. The van der Waals surface area contributed by atoms with Gasteiger partial charge in [0.1, 0.15) is 15.9 Å². The summed E-state index contributed by atoms with van der Waals surface area (Å²) in [7, 11) is 0. The fraction of sp³-hybridized carbons (Fsp3) is 0.143. The lowest BCUT2D eigenvalue weighted by molar-refractivity contribution is 0.0533.